The standard InChI is InChI=1S/C22H18Cl4N2O4S/c1-32-21-9-5-16(11-20(21)26)27-22(29)13-28(12-14-2-8-18(24)19(25)10-14)33(30,31)17-6-3-15(23)4-7-17/h2-11H,12-13H2,1H3,(H,27,29). The Balaban J connectivity index is 1.88. The Hall–Kier alpha value is -2.00. The molecule has 0 radical (unpaired) electrons. The second-order valence-corrected chi connectivity index (χ2v) is 10.5. The highest BCUT2D eigenvalue weighted by Gasteiger charge is 2.27. The summed E-state index contributed by atoms with van der Waals surface area (Å²) in [5, 5.41) is 3.95. The highest BCUT2D eigenvalue weighted by atomic mass is 35.5. The summed E-state index contributed by atoms with van der Waals surface area (Å²) in [5.74, 6) is -0.116. The molecule has 0 aliphatic heterocycles. The first-order valence-corrected chi connectivity index (χ1v) is 12.4. The van der Waals surface area contributed by atoms with Gasteiger partial charge in [0.25, 0.3) is 0 Å². The first kappa shape index (κ1) is 25.6. The van der Waals surface area contributed by atoms with Crippen molar-refractivity contribution < 1.29 is 17.9 Å². The van der Waals surface area contributed by atoms with Gasteiger partial charge in [0.05, 0.1) is 33.6 Å². The van der Waals surface area contributed by atoms with Crippen LogP contribution in [0.4, 0.5) is 5.69 Å². The summed E-state index contributed by atoms with van der Waals surface area (Å²) in [7, 11) is -2.58. The fourth-order valence-corrected chi connectivity index (χ4v) is 5.02. The third kappa shape index (κ3) is 6.53. The lowest BCUT2D eigenvalue weighted by atomic mass is 10.2. The van der Waals surface area contributed by atoms with E-state index in [1.807, 2.05) is 0 Å². The Kier molecular flexibility index (Phi) is 8.50. The van der Waals surface area contributed by atoms with E-state index in [9.17, 15) is 13.2 Å². The lowest BCUT2D eigenvalue weighted by Crippen LogP contribution is -2.37. The summed E-state index contributed by atoms with van der Waals surface area (Å²) in [6.45, 7) is -0.576. The van der Waals surface area contributed by atoms with Crippen molar-refractivity contribution in [3.8, 4) is 5.75 Å². The monoisotopic (exact) mass is 546 g/mol. The van der Waals surface area contributed by atoms with Gasteiger partial charge in [0.2, 0.25) is 15.9 Å². The molecule has 3 rings (SSSR count). The SMILES string of the molecule is COc1ccc(NC(=O)CN(Cc2ccc(Cl)c(Cl)c2)S(=O)(=O)c2ccc(Cl)cc2)cc1Cl. The van der Waals surface area contributed by atoms with E-state index in [1.54, 1.807) is 30.3 Å². The van der Waals surface area contributed by atoms with Crippen molar-refractivity contribution in [3.63, 3.8) is 0 Å². The van der Waals surface area contributed by atoms with Gasteiger partial charge in [-0.3, -0.25) is 4.79 Å². The molecule has 0 aliphatic carbocycles. The van der Waals surface area contributed by atoms with Crippen LogP contribution in [0.5, 0.6) is 5.75 Å². The van der Waals surface area contributed by atoms with E-state index in [0.29, 0.717) is 32.1 Å². The number of carbonyl (C=O) groups excluding carboxylic acids is 1. The topological polar surface area (TPSA) is 75.7 Å². The largest absolute Gasteiger partial charge is 0.495 e. The lowest BCUT2D eigenvalue weighted by molar-refractivity contribution is -0.116. The van der Waals surface area contributed by atoms with E-state index in [0.717, 1.165) is 4.31 Å². The lowest BCUT2D eigenvalue weighted by Gasteiger charge is -2.22. The number of anilines is 1. The zero-order valence-electron chi connectivity index (χ0n) is 17.2. The van der Waals surface area contributed by atoms with Gasteiger partial charge in [0, 0.05) is 17.3 Å². The third-order valence-electron chi connectivity index (χ3n) is 4.55. The second-order valence-electron chi connectivity index (χ2n) is 6.87. The van der Waals surface area contributed by atoms with Crippen molar-refractivity contribution in [2.75, 3.05) is 19.0 Å². The number of hydrogen-bond acceptors (Lipinski definition) is 4. The molecular weight excluding hydrogens is 530 g/mol. The van der Waals surface area contributed by atoms with Crippen LogP contribution in [-0.4, -0.2) is 32.3 Å². The number of nitrogens with zero attached hydrogens (tertiary/aromatic N) is 1. The number of hydrogen-bond donors (Lipinski definition) is 1. The smallest absolute Gasteiger partial charge is 0.243 e. The van der Waals surface area contributed by atoms with E-state index in [4.69, 9.17) is 51.1 Å². The van der Waals surface area contributed by atoms with Crippen molar-refractivity contribution in [2.45, 2.75) is 11.4 Å². The average molecular weight is 548 g/mol. The summed E-state index contributed by atoms with van der Waals surface area (Å²) in [6, 6.07) is 15.1. The van der Waals surface area contributed by atoms with Gasteiger partial charge in [0.15, 0.2) is 0 Å². The molecular formula is C22H18Cl4N2O4S. The number of amides is 1. The summed E-state index contributed by atoms with van der Waals surface area (Å²) in [4.78, 5) is 12.8. The minimum absolute atomic E-state index is 0.00717. The van der Waals surface area contributed by atoms with Crippen molar-refractivity contribution in [1.29, 1.82) is 0 Å². The Morgan fingerprint density at radius 2 is 1.61 bits per heavy atom. The number of ether oxygens (including phenoxy) is 1. The summed E-state index contributed by atoms with van der Waals surface area (Å²) in [6.07, 6.45) is 0. The van der Waals surface area contributed by atoms with Crippen molar-refractivity contribution in [2.24, 2.45) is 0 Å². The zero-order valence-corrected chi connectivity index (χ0v) is 21.0. The molecule has 0 aliphatic rings. The number of halogens is 4. The number of nitrogens with one attached hydrogen (secondary N) is 1. The quantitative estimate of drug-likeness (QED) is 0.367. The third-order valence-corrected chi connectivity index (χ3v) is 7.64. The molecule has 0 atom stereocenters. The Bertz CT molecular complexity index is 1270. The summed E-state index contributed by atoms with van der Waals surface area (Å²) < 4.78 is 32.8. The molecule has 0 heterocycles. The van der Waals surface area contributed by atoms with Crippen molar-refractivity contribution in [3.05, 3.63) is 86.3 Å². The van der Waals surface area contributed by atoms with Crippen LogP contribution >= 0.6 is 46.4 Å². The molecule has 0 saturated heterocycles. The van der Waals surface area contributed by atoms with Crippen molar-refractivity contribution in [1.82, 2.24) is 4.31 Å². The predicted octanol–water partition coefficient (Wildman–Crippen LogP) is 6.14. The van der Waals surface area contributed by atoms with Gasteiger partial charge in [-0.2, -0.15) is 4.31 Å². The van der Waals surface area contributed by atoms with E-state index < -0.39 is 22.5 Å². The van der Waals surface area contributed by atoms with Gasteiger partial charge >= 0.3 is 0 Å². The first-order chi connectivity index (χ1) is 15.6. The number of carbonyl (C=O) groups is 1. The first-order valence-electron chi connectivity index (χ1n) is 9.43. The summed E-state index contributed by atoms with van der Waals surface area (Å²) in [5.41, 5.74) is 0.950. The fourth-order valence-electron chi connectivity index (χ4n) is 2.93. The Morgan fingerprint density at radius 3 is 2.21 bits per heavy atom. The Labute approximate surface area is 212 Å². The maximum atomic E-state index is 13.3. The molecule has 0 aromatic heterocycles. The van der Waals surface area contributed by atoms with E-state index >= 15 is 0 Å². The van der Waals surface area contributed by atoms with Crippen LogP contribution < -0.4 is 10.1 Å². The number of methoxy groups -OCH3 is 1. The van der Waals surface area contributed by atoms with E-state index in [-0.39, 0.29) is 16.5 Å². The van der Waals surface area contributed by atoms with Gasteiger partial charge in [-0.15, -0.1) is 0 Å². The van der Waals surface area contributed by atoms with Crippen LogP contribution in [0.15, 0.2) is 65.6 Å². The maximum Gasteiger partial charge on any atom is 0.243 e. The molecule has 0 saturated carbocycles. The predicted molar refractivity (Wildman–Crippen MR) is 132 cm³/mol. The van der Waals surface area contributed by atoms with Gasteiger partial charge in [-0.25, -0.2) is 8.42 Å². The molecule has 174 valence electrons. The molecule has 1 N–H and O–H groups in total. The molecule has 0 bridgehead atoms. The van der Waals surface area contributed by atoms with Gasteiger partial charge in [0.1, 0.15) is 5.75 Å². The van der Waals surface area contributed by atoms with Gasteiger partial charge in [-0.05, 0) is 60.2 Å². The minimum Gasteiger partial charge on any atom is -0.495 e. The zero-order chi connectivity index (χ0) is 24.2. The van der Waals surface area contributed by atoms with Gasteiger partial charge < -0.3 is 10.1 Å². The van der Waals surface area contributed by atoms with Crippen molar-refractivity contribution >= 4 is 68.0 Å². The van der Waals surface area contributed by atoms with E-state index in [1.165, 1.54) is 37.4 Å². The average Bonchev–Trinajstić information content (AvgIpc) is 2.76. The van der Waals surface area contributed by atoms with Crippen LogP contribution in [-0.2, 0) is 21.4 Å². The molecule has 0 unspecified atom stereocenters. The molecule has 0 fully saturated rings. The summed E-state index contributed by atoms with van der Waals surface area (Å²) >= 11 is 24.0. The normalized spacial score (nSPS) is 11.5. The number of rotatable bonds is 8. The molecule has 3 aromatic carbocycles. The van der Waals surface area contributed by atoms with Crippen LogP contribution in [0.2, 0.25) is 20.1 Å². The maximum absolute atomic E-state index is 13.3. The highest BCUT2D eigenvalue weighted by molar-refractivity contribution is 7.89. The van der Waals surface area contributed by atoms with E-state index in [2.05, 4.69) is 5.32 Å². The highest BCUT2D eigenvalue weighted by Crippen LogP contribution is 2.28. The molecule has 6 nitrogen and oxygen atoms in total. The minimum atomic E-state index is -4.05. The second kappa shape index (κ2) is 11.0. The molecule has 3 aromatic rings. The Morgan fingerprint density at radius 1 is 0.909 bits per heavy atom. The molecule has 0 spiro atoms. The number of benzene rings is 3. The van der Waals surface area contributed by atoms with Crippen LogP contribution in [0.25, 0.3) is 0 Å². The molecule has 33 heavy (non-hydrogen) atoms. The fraction of sp³-hybridized carbons (Fsp3) is 0.136. The van der Waals surface area contributed by atoms with Crippen LogP contribution in [0.1, 0.15) is 5.56 Å². The molecule has 1 amide bonds. The van der Waals surface area contributed by atoms with Crippen LogP contribution in [0, 0.1) is 0 Å². The molecule has 11 heteroatoms. The van der Waals surface area contributed by atoms with Crippen LogP contribution in [0.3, 0.4) is 0 Å². The number of sulfonamides is 1. The van der Waals surface area contributed by atoms with Gasteiger partial charge in [-0.1, -0.05) is 52.5 Å².